The molecule has 1 N–H and O–H groups in total. The number of rotatable bonds is 4. The summed E-state index contributed by atoms with van der Waals surface area (Å²) in [6, 6.07) is 1.66. The third-order valence-corrected chi connectivity index (χ3v) is 3.61. The lowest BCUT2D eigenvalue weighted by atomic mass is 10.1. The van der Waals surface area contributed by atoms with Gasteiger partial charge in [-0.05, 0) is 11.6 Å². The third-order valence-electron chi connectivity index (χ3n) is 3.61. The molecule has 1 aromatic rings. The van der Waals surface area contributed by atoms with Crippen molar-refractivity contribution in [2.75, 3.05) is 35.5 Å². The fourth-order valence-electron chi connectivity index (χ4n) is 2.61. The summed E-state index contributed by atoms with van der Waals surface area (Å²) in [5.41, 5.74) is 0.879. The number of carbonyl (C=O) groups is 1. The van der Waals surface area contributed by atoms with Gasteiger partial charge in [0.1, 0.15) is 0 Å². The van der Waals surface area contributed by atoms with Crippen molar-refractivity contribution in [1.29, 1.82) is 0 Å². The maximum Gasteiger partial charge on any atom is 0.414 e. The smallest absolute Gasteiger partial charge is 0.414 e. The minimum absolute atomic E-state index is 0.0725. The first-order valence-electron chi connectivity index (χ1n) is 6.43. The van der Waals surface area contributed by atoms with Crippen LogP contribution in [0, 0.1) is 0 Å². The van der Waals surface area contributed by atoms with Gasteiger partial charge in [-0.1, -0.05) is 0 Å². The molecule has 1 heterocycles. The van der Waals surface area contributed by atoms with Crippen LogP contribution in [0.3, 0.4) is 0 Å². The van der Waals surface area contributed by atoms with Gasteiger partial charge in [-0.2, -0.15) is 0 Å². The van der Waals surface area contributed by atoms with Crippen molar-refractivity contribution in [3.63, 3.8) is 0 Å². The molecule has 0 fully saturated rings. The molecule has 8 heteroatoms. The van der Waals surface area contributed by atoms with Crippen LogP contribution in [-0.4, -0.2) is 51.6 Å². The number of hydrogen-bond acceptors (Lipinski definition) is 7. The van der Waals surface area contributed by atoms with E-state index < -0.39 is 12.0 Å². The number of ether oxygens (including phenoxy) is 5. The van der Waals surface area contributed by atoms with E-state index in [1.54, 1.807) is 6.07 Å². The molecule has 1 unspecified atom stereocenters. The van der Waals surface area contributed by atoms with Crippen LogP contribution in [-0.2, 0) is 21.9 Å². The normalized spacial score (nSPS) is 19.6. The number of methoxy groups -OCH3 is 5. The molecule has 0 bridgehead atoms. The molecule has 0 radical (unpaired) electrons. The quantitative estimate of drug-likeness (QED) is 0.831. The average Bonchev–Trinajstić information content (AvgIpc) is 2.85. The number of amides is 1. The third kappa shape index (κ3) is 2.11. The summed E-state index contributed by atoms with van der Waals surface area (Å²) in [6.07, 6.45) is -0.736. The maximum absolute atomic E-state index is 11.9. The number of fused-ring (bicyclic) bond motifs is 1. The van der Waals surface area contributed by atoms with Crippen LogP contribution in [0.25, 0.3) is 0 Å². The number of carbonyl (C=O) groups excluding carboxylic acids is 1. The molecule has 1 aromatic carbocycles. The first-order valence-corrected chi connectivity index (χ1v) is 6.43. The number of aliphatic hydroxyl groups is 1. The van der Waals surface area contributed by atoms with E-state index in [2.05, 4.69) is 0 Å². The highest BCUT2D eigenvalue weighted by Crippen LogP contribution is 2.51. The SMILES string of the molecule is COC(=O)N1Cc2cc(OC)c(OC)c(OC)c2C1(O)OC. The number of hydrogen-bond donors (Lipinski definition) is 1. The molecule has 1 aliphatic heterocycles. The molecule has 0 spiro atoms. The number of nitrogens with zero attached hydrogens (tertiary/aromatic N) is 1. The molecule has 22 heavy (non-hydrogen) atoms. The summed E-state index contributed by atoms with van der Waals surface area (Å²) < 4.78 is 25.8. The second kappa shape index (κ2) is 5.90. The summed E-state index contributed by atoms with van der Waals surface area (Å²) in [5, 5.41) is 10.8. The zero-order valence-corrected chi connectivity index (χ0v) is 13.1. The van der Waals surface area contributed by atoms with Gasteiger partial charge < -0.3 is 28.8 Å². The van der Waals surface area contributed by atoms with Gasteiger partial charge in [0.15, 0.2) is 11.5 Å². The lowest BCUT2D eigenvalue weighted by Gasteiger charge is -2.31. The Morgan fingerprint density at radius 3 is 2.23 bits per heavy atom. The number of benzene rings is 1. The summed E-state index contributed by atoms with van der Waals surface area (Å²) in [6.45, 7) is 0.0725. The summed E-state index contributed by atoms with van der Waals surface area (Å²) in [5.74, 6) is -1.07. The average molecular weight is 313 g/mol. The minimum Gasteiger partial charge on any atom is -0.493 e. The van der Waals surface area contributed by atoms with Crippen molar-refractivity contribution in [2.24, 2.45) is 0 Å². The van der Waals surface area contributed by atoms with Crippen molar-refractivity contribution in [3.05, 3.63) is 17.2 Å². The largest absolute Gasteiger partial charge is 0.493 e. The van der Waals surface area contributed by atoms with E-state index in [4.69, 9.17) is 23.7 Å². The highest BCUT2D eigenvalue weighted by Gasteiger charge is 2.51. The molecule has 1 atom stereocenters. The lowest BCUT2D eigenvalue weighted by molar-refractivity contribution is -0.271. The molecular weight excluding hydrogens is 294 g/mol. The van der Waals surface area contributed by atoms with Crippen LogP contribution < -0.4 is 14.2 Å². The Bertz CT molecular complexity index is 589. The van der Waals surface area contributed by atoms with Gasteiger partial charge in [0.05, 0.1) is 40.5 Å². The molecule has 1 aliphatic rings. The van der Waals surface area contributed by atoms with E-state index in [1.807, 2.05) is 0 Å². The van der Waals surface area contributed by atoms with Gasteiger partial charge in [-0.3, -0.25) is 0 Å². The monoisotopic (exact) mass is 313 g/mol. The van der Waals surface area contributed by atoms with Gasteiger partial charge in [-0.15, -0.1) is 0 Å². The van der Waals surface area contributed by atoms with Gasteiger partial charge in [-0.25, -0.2) is 9.69 Å². The minimum atomic E-state index is -2.02. The van der Waals surface area contributed by atoms with Crippen LogP contribution in [0.2, 0.25) is 0 Å². The van der Waals surface area contributed by atoms with Gasteiger partial charge in [0.25, 0.3) is 5.91 Å². The molecule has 0 saturated carbocycles. The Morgan fingerprint density at radius 1 is 1.14 bits per heavy atom. The van der Waals surface area contributed by atoms with Gasteiger partial charge >= 0.3 is 6.09 Å². The Labute approximate surface area is 128 Å². The zero-order chi connectivity index (χ0) is 16.5. The first-order chi connectivity index (χ1) is 10.5. The van der Waals surface area contributed by atoms with Crippen LogP contribution in [0.1, 0.15) is 11.1 Å². The standard InChI is InChI=1S/C14H19NO7/c1-18-9-6-8-7-15(13(16)21-4)14(17,22-5)10(8)12(20-3)11(9)19-2/h6,17H,7H2,1-5H3. The predicted octanol–water partition coefficient (Wildman–Crippen LogP) is 1.04. The summed E-state index contributed by atoms with van der Waals surface area (Å²) in [7, 11) is 6.86. The van der Waals surface area contributed by atoms with Crippen LogP contribution in [0.4, 0.5) is 4.79 Å². The van der Waals surface area contributed by atoms with E-state index in [0.717, 1.165) is 4.90 Å². The highest BCUT2D eigenvalue weighted by molar-refractivity contribution is 5.72. The molecule has 1 amide bonds. The topological polar surface area (TPSA) is 86.7 Å². The summed E-state index contributed by atoms with van der Waals surface area (Å²) in [4.78, 5) is 13.0. The van der Waals surface area contributed by atoms with Gasteiger partial charge in [0.2, 0.25) is 5.75 Å². The van der Waals surface area contributed by atoms with E-state index in [1.165, 1.54) is 35.5 Å². The Morgan fingerprint density at radius 2 is 1.77 bits per heavy atom. The fraction of sp³-hybridized carbons (Fsp3) is 0.500. The molecule has 2 rings (SSSR count). The molecule has 0 saturated heterocycles. The van der Waals surface area contributed by atoms with Crippen molar-refractivity contribution >= 4 is 6.09 Å². The first kappa shape index (κ1) is 16.2. The molecule has 0 aliphatic carbocycles. The fourth-order valence-corrected chi connectivity index (χ4v) is 2.61. The lowest BCUT2D eigenvalue weighted by Crippen LogP contribution is -2.46. The predicted molar refractivity (Wildman–Crippen MR) is 75.0 cm³/mol. The maximum atomic E-state index is 11.9. The second-order valence-electron chi connectivity index (χ2n) is 4.55. The Kier molecular flexibility index (Phi) is 4.34. The van der Waals surface area contributed by atoms with E-state index in [-0.39, 0.29) is 17.9 Å². The van der Waals surface area contributed by atoms with Gasteiger partial charge in [0, 0.05) is 7.11 Å². The molecule has 122 valence electrons. The molecular formula is C14H19NO7. The van der Waals surface area contributed by atoms with E-state index in [9.17, 15) is 9.90 Å². The second-order valence-corrected chi connectivity index (χ2v) is 4.55. The highest BCUT2D eigenvalue weighted by atomic mass is 16.7. The zero-order valence-electron chi connectivity index (χ0n) is 13.1. The summed E-state index contributed by atoms with van der Waals surface area (Å²) >= 11 is 0. The van der Waals surface area contributed by atoms with E-state index >= 15 is 0 Å². The van der Waals surface area contributed by atoms with Crippen molar-refractivity contribution in [3.8, 4) is 17.2 Å². The van der Waals surface area contributed by atoms with Crippen LogP contribution in [0.15, 0.2) is 6.07 Å². The Hall–Kier alpha value is -2.19. The van der Waals surface area contributed by atoms with Crippen molar-refractivity contribution < 1.29 is 33.6 Å². The molecule has 0 aromatic heterocycles. The molecule has 8 nitrogen and oxygen atoms in total. The van der Waals surface area contributed by atoms with Crippen molar-refractivity contribution in [2.45, 2.75) is 12.5 Å². The van der Waals surface area contributed by atoms with Crippen LogP contribution >= 0.6 is 0 Å². The Balaban J connectivity index is 2.71. The van der Waals surface area contributed by atoms with Crippen LogP contribution in [0.5, 0.6) is 17.2 Å². The van der Waals surface area contributed by atoms with Crippen molar-refractivity contribution in [1.82, 2.24) is 4.90 Å². The van der Waals surface area contributed by atoms with E-state index in [0.29, 0.717) is 17.1 Å².